The van der Waals surface area contributed by atoms with E-state index in [1.54, 1.807) is 12.2 Å². The fourth-order valence-electron chi connectivity index (χ4n) is 0.953. The van der Waals surface area contributed by atoms with Crippen LogP contribution in [0.5, 0.6) is 0 Å². The zero-order valence-corrected chi connectivity index (χ0v) is 6.86. The molecule has 0 amide bonds. The Balaban J connectivity index is 2.20. The van der Waals surface area contributed by atoms with Gasteiger partial charge in [-0.2, -0.15) is 0 Å². The van der Waals surface area contributed by atoms with Gasteiger partial charge >= 0.3 is 5.97 Å². The Labute approximate surface area is 71.7 Å². The predicted octanol–water partition coefficient (Wildman–Crippen LogP) is 1.06. The molecule has 0 spiro atoms. The summed E-state index contributed by atoms with van der Waals surface area (Å²) in [6.45, 7) is 4.46. The van der Waals surface area contributed by atoms with Crippen molar-refractivity contribution in [2.45, 2.75) is 12.5 Å². The molecule has 12 heavy (non-hydrogen) atoms. The minimum absolute atomic E-state index is 0.123. The van der Waals surface area contributed by atoms with Crippen LogP contribution in [0.4, 0.5) is 0 Å². The highest BCUT2D eigenvalue weighted by molar-refractivity contribution is 5.82. The van der Waals surface area contributed by atoms with Gasteiger partial charge in [0, 0.05) is 12.5 Å². The van der Waals surface area contributed by atoms with Crippen LogP contribution >= 0.6 is 0 Å². The Morgan fingerprint density at radius 3 is 3.33 bits per heavy atom. The maximum Gasteiger partial charge on any atom is 0.330 e. The van der Waals surface area contributed by atoms with Gasteiger partial charge in [-0.05, 0) is 0 Å². The molecule has 66 valence electrons. The second kappa shape index (κ2) is 4.72. The maximum absolute atomic E-state index is 10.7. The van der Waals surface area contributed by atoms with Crippen LogP contribution in [0.2, 0.25) is 0 Å². The standard InChI is InChI=1S/C9H12O3/c1-2-6-11-7-8-4-3-5-9(10)12-8/h2-3,5,8H,1,4,6-7H2. The number of hydrogen-bond donors (Lipinski definition) is 0. The second-order valence-corrected chi connectivity index (χ2v) is 2.52. The molecule has 0 saturated carbocycles. The lowest BCUT2D eigenvalue weighted by atomic mass is 10.2. The van der Waals surface area contributed by atoms with Crippen molar-refractivity contribution in [3.63, 3.8) is 0 Å². The molecule has 1 heterocycles. The van der Waals surface area contributed by atoms with Gasteiger partial charge in [0.2, 0.25) is 0 Å². The first-order chi connectivity index (χ1) is 5.83. The van der Waals surface area contributed by atoms with Crippen molar-refractivity contribution < 1.29 is 14.3 Å². The Morgan fingerprint density at radius 2 is 2.67 bits per heavy atom. The first-order valence-electron chi connectivity index (χ1n) is 3.88. The van der Waals surface area contributed by atoms with Gasteiger partial charge in [0.05, 0.1) is 13.2 Å². The number of carbonyl (C=O) groups excluding carboxylic acids is 1. The molecule has 0 aromatic heterocycles. The summed E-state index contributed by atoms with van der Waals surface area (Å²) in [5.74, 6) is -0.284. The monoisotopic (exact) mass is 168 g/mol. The molecule has 1 unspecified atom stereocenters. The Bertz CT molecular complexity index is 196. The minimum atomic E-state index is -0.284. The van der Waals surface area contributed by atoms with Crippen LogP contribution in [0, 0.1) is 0 Å². The average Bonchev–Trinajstić information content (AvgIpc) is 2.05. The third-order valence-corrected chi connectivity index (χ3v) is 1.48. The van der Waals surface area contributed by atoms with Gasteiger partial charge in [-0.3, -0.25) is 0 Å². The van der Waals surface area contributed by atoms with Crippen LogP contribution in [-0.2, 0) is 14.3 Å². The molecule has 0 fully saturated rings. The van der Waals surface area contributed by atoms with Crippen molar-refractivity contribution in [3.05, 3.63) is 24.8 Å². The van der Waals surface area contributed by atoms with Crippen molar-refractivity contribution in [1.29, 1.82) is 0 Å². The lowest BCUT2D eigenvalue weighted by Gasteiger charge is -2.17. The zero-order valence-electron chi connectivity index (χ0n) is 6.86. The highest BCUT2D eigenvalue weighted by Gasteiger charge is 2.15. The molecule has 0 N–H and O–H groups in total. The number of carbonyl (C=O) groups is 1. The number of cyclic esters (lactones) is 1. The van der Waals surface area contributed by atoms with E-state index in [9.17, 15) is 4.79 Å². The molecule has 0 bridgehead atoms. The van der Waals surface area contributed by atoms with Crippen LogP contribution in [-0.4, -0.2) is 25.3 Å². The van der Waals surface area contributed by atoms with Crippen molar-refractivity contribution in [2.24, 2.45) is 0 Å². The van der Waals surface area contributed by atoms with Gasteiger partial charge in [0.25, 0.3) is 0 Å². The predicted molar refractivity (Wildman–Crippen MR) is 44.7 cm³/mol. The first kappa shape index (κ1) is 9.00. The fourth-order valence-corrected chi connectivity index (χ4v) is 0.953. The van der Waals surface area contributed by atoms with E-state index < -0.39 is 0 Å². The molecule has 3 heteroatoms. The smallest absolute Gasteiger partial charge is 0.330 e. The fraction of sp³-hybridized carbons (Fsp3) is 0.444. The molecule has 3 nitrogen and oxygen atoms in total. The number of ether oxygens (including phenoxy) is 2. The van der Waals surface area contributed by atoms with Crippen LogP contribution in [0.25, 0.3) is 0 Å². The van der Waals surface area contributed by atoms with Crippen molar-refractivity contribution in [2.75, 3.05) is 13.2 Å². The van der Waals surface area contributed by atoms with Crippen molar-refractivity contribution in [3.8, 4) is 0 Å². The summed E-state index contributed by atoms with van der Waals surface area (Å²) in [4.78, 5) is 10.7. The van der Waals surface area contributed by atoms with Crippen LogP contribution in [0.3, 0.4) is 0 Å². The average molecular weight is 168 g/mol. The van der Waals surface area contributed by atoms with Gasteiger partial charge in [-0.25, -0.2) is 4.79 Å². The summed E-state index contributed by atoms with van der Waals surface area (Å²) in [5.41, 5.74) is 0. The van der Waals surface area contributed by atoms with E-state index in [0.29, 0.717) is 13.2 Å². The van der Waals surface area contributed by atoms with Gasteiger partial charge in [-0.15, -0.1) is 6.58 Å². The molecular formula is C9H12O3. The molecule has 0 aromatic rings. The minimum Gasteiger partial charge on any atom is -0.456 e. The highest BCUT2D eigenvalue weighted by Crippen LogP contribution is 2.07. The summed E-state index contributed by atoms with van der Waals surface area (Å²) in [6.07, 6.45) is 5.52. The van der Waals surface area contributed by atoms with Crippen LogP contribution in [0.15, 0.2) is 24.8 Å². The van der Waals surface area contributed by atoms with E-state index in [1.165, 1.54) is 6.08 Å². The molecule has 1 atom stereocenters. The Kier molecular flexibility index (Phi) is 3.54. The Morgan fingerprint density at radius 1 is 1.83 bits per heavy atom. The third-order valence-electron chi connectivity index (χ3n) is 1.48. The molecular weight excluding hydrogens is 156 g/mol. The van der Waals surface area contributed by atoms with Crippen molar-refractivity contribution in [1.82, 2.24) is 0 Å². The quantitative estimate of drug-likeness (QED) is 0.357. The molecule has 0 radical (unpaired) electrons. The Hall–Kier alpha value is -1.09. The SMILES string of the molecule is C=CCOCC1CC=CC(=O)O1. The molecule has 0 aromatic carbocycles. The lowest BCUT2D eigenvalue weighted by molar-refractivity contribution is -0.146. The van der Waals surface area contributed by atoms with E-state index >= 15 is 0 Å². The van der Waals surface area contributed by atoms with E-state index in [1.807, 2.05) is 0 Å². The summed E-state index contributed by atoms with van der Waals surface area (Å²) in [6, 6.07) is 0. The normalized spacial score (nSPS) is 22.0. The highest BCUT2D eigenvalue weighted by atomic mass is 16.6. The largest absolute Gasteiger partial charge is 0.456 e. The van der Waals surface area contributed by atoms with Gasteiger partial charge < -0.3 is 9.47 Å². The summed E-state index contributed by atoms with van der Waals surface area (Å²) < 4.78 is 10.1. The van der Waals surface area contributed by atoms with Crippen LogP contribution < -0.4 is 0 Å². The first-order valence-corrected chi connectivity index (χ1v) is 3.88. The second-order valence-electron chi connectivity index (χ2n) is 2.52. The molecule has 1 rings (SSSR count). The number of rotatable bonds is 4. The summed E-state index contributed by atoms with van der Waals surface area (Å²) >= 11 is 0. The van der Waals surface area contributed by atoms with Gasteiger partial charge in [0.1, 0.15) is 6.10 Å². The molecule has 0 saturated heterocycles. The van der Waals surface area contributed by atoms with Crippen molar-refractivity contribution >= 4 is 5.97 Å². The molecule has 1 aliphatic heterocycles. The van der Waals surface area contributed by atoms with E-state index in [0.717, 1.165) is 6.42 Å². The van der Waals surface area contributed by atoms with Gasteiger partial charge in [-0.1, -0.05) is 12.2 Å². The molecule has 1 aliphatic rings. The van der Waals surface area contributed by atoms with E-state index in [2.05, 4.69) is 6.58 Å². The van der Waals surface area contributed by atoms with Gasteiger partial charge in [0.15, 0.2) is 0 Å². The number of esters is 1. The van der Waals surface area contributed by atoms with E-state index in [-0.39, 0.29) is 12.1 Å². The third kappa shape index (κ3) is 2.88. The zero-order chi connectivity index (χ0) is 8.81. The maximum atomic E-state index is 10.7. The van der Waals surface area contributed by atoms with E-state index in [4.69, 9.17) is 9.47 Å². The molecule has 0 aliphatic carbocycles. The number of hydrogen-bond acceptors (Lipinski definition) is 3. The topological polar surface area (TPSA) is 35.5 Å². The lowest BCUT2D eigenvalue weighted by Crippen LogP contribution is -2.24. The summed E-state index contributed by atoms with van der Waals surface area (Å²) in [7, 11) is 0. The summed E-state index contributed by atoms with van der Waals surface area (Å²) in [5, 5.41) is 0. The van der Waals surface area contributed by atoms with Crippen LogP contribution in [0.1, 0.15) is 6.42 Å².